The summed E-state index contributed by atoms with van der Waals surface area (Å²) in [4.78, 5) is 2.59. The Kier molecular flexibility index (Phi) is 6.11. The number of hydrogen-bond donors (Lipinski definition) is 0. The topological polar surface area (TPSA) is 3.24 Å². The zero-order chi connectivity index (χ0) is 15.2. The number of nitrogens with zero attached hydrogens (tertiary/aromatic N) is 1. The van der Waals surface area contributed by atoms with E-state index in [-0.39, 0.29) is 0 Å². The molecule has 0 saturated carbocycles. The van der Waals surface area contributed by atoms with E-state index in [1.54, 1.807) is 5.56 Å². The van der Waals surface area contributed by atoms with E-state index >= 15 is 0 Å². The zero-order valence-electron chi connectivity index (χ0n) is 14.1. The number of hydrogen-bond acceptors (Lipinski definition) is 1. The standard InChI is InChI=1S/C19H30BN/c1-15(2)5-4-10-21-13-18(14-21)12-19-7-6-17(8-9-20)11-16(19)3/h6-7,11,18H,1,4-5,8-10,12-14,20H2,2-3H3. The van der Waals surface area contributed by atoms with Gasteiger partial charge < -0.3 is 4.90 Å². The first-order valence-corrected chi connectivity index (χ1v) is 8.53. The van der Waals surface area contributed by atoms with Gasteiger partial charge in [0.25, 0.3) is 0 Å². The van der Waals surface area contributed by atoms with Gasteiger partial charge in [-0.1, -0.05) is 30.1 Å². The average molecular weight is 283 g/mol. The second kappa shape index (κ2) is 7.84. The first kappa shape index (κ1) is 16.4. The molecule has 1 aliphatic heterocycles. The minimum absolute atomic E-state index is 0.866. The summed E-state index contributed by atoms with van der Waals surface area (Å²) in [5.41, 5.74) is 5.85. The van der Waals surface area contributed by atoms with E-state index in [1.165, 1.54) is 68.3 Å². The Morgan fingerprint density at radius 3 is 2.76 bits per heavy atom. The van der Waals surface area contributed by atoms with Crippen molar-refractivity contribution >= 4 is 7.85 Å². The maximum absolute atomic E-state index is 3.98. The number of likely N-dealkylation sites (tertiary alicyclic amines) is 1. The summed E-state index contributed by atoms with van der Waals surface area (Å²) in [6.45, 7) is 12.2. The highest BCUT2D eigenvalue weighted by molar-refractivity contribution is 6.08. The Hall–Kier alpha value is -1.02. The maximum atomic E-state index is 3.98. The van der Waals surface area contributed by atoms with Crippen molar-refractivity contribution in [3.05, 3.63) is 47.0 Å². The molecule has 1 heterocycles. The van der Waals surface area contributed by atoms with Gasteiger partial charge >= 0.3 is 0 Å². The lowest BCUT2D eigenvalue weighted by atomic mass is 9.88. The van der Waals surface area contributed by atoms with Crippen molar-refractivity contribution in [2.24, 2.45) is 5.92 Å². The van der Waals surface area contributed by atoms with Gasteiger partial charge in [0.15, 0.2) is 0 Å². The maximum Gasteiger partial charge on any atom is 0.101 e. The molecule has 1 saturated heterocycles. The minimum Gasteiger partial charge on any atom is -0.303 e. The quantitative estimate of drug-likeness (QED) is 0.522. The molecule has 0 radical (unpaired) electrons. The first-order valence-electron chi connectivity index (χ1n) is 8.53. The summed E-state index contributed by atoms with van der Waals surface area (Å²) in [5.74, 6) is 0.866. The van der Waals surface area contributed by atoms with Gasteiger partial charge in [-0.15, -0.1) is 6.58 Å². The number of aryl methyl sites for hydroxylation is 2. The van der Waals surface area contributed by atoms with Crippen LogP contribution in [0.3, 0.4) is 0 Å². The molecule has 1 aliphatic rings. The van der Waals surface area contributed by atoms with Crippen molar-refractivity contribution < 1.29 is 0 Å². The third-order valence-corrected chi connectivity index (χ3v) is 4.56. The third kappa shape index (κ3) is 5.03. The number of benzene rings is 1. The molecular weight excluding hydrogens is 253 g/mol. The molecule has 0 aromatic heterocycles. The summed E-state index contributed by atoms with van der Waals surface area (Å²) in [5, 5.41) is 0. The highest BCUT2D eigenvalue weighted by Gasteiger charge is 2.26. The molecule has 2 rings (SSSR count). The molecule has 1 fully saturated rings. The smallest absolute Gasteiger partial charge is 0.101 e. The molecule has 2 heteroatoms. The summed E-state index contributed by atoms with van der Waals surface area (Å²) in [6, 6.07) is 7.08. The predicted molar refractivity (Wildman–Crippen MR) is 95.9 cm³/mol. The normalized spacial score (nSPS) is 15.9. The van der Waals surface area contributed by atoms with E-state index < -0.39 is 0 Å². The van der Waals surface area contributed by atoms with Gasteiger partial charge in [-0.25, -0.2) is 0 Å². The van der Waals surface area contributed by atoms with Crippen LogP contribution in [0.2, 0.25) is 6.32 Å². The molecule has 1 aromatic rings. The van der Waals surface area contributed by atoms with Gasteiger partial charge in [0.2, 0.25) is 0 Å². The van der Waals surface area contributed by atoms with Crippen molar-refractivity contribution in [2.75, 3.05) is 19.6 Å². The predicted octanol–water partition coefficient (Wildman–Crippen LogP) is 3.42. The third-order valence-electron chi connectivity index (χ3n) is 4.56. The lowest BCUT2D eigenvalue weighted by molar-refractivity contribution is 0.0994. The largest absolute Gasteiger partial charge is 0.303 e. The van der Waals surface area contributed by atoms with Crippen molar-refractivity contribution in [3.8, 4) is 0 Å². The van der Waals surface area contributed by atoms with Gasteiger partial charge in [0.05, 0.1) is 0 Å². The molecule has 1 aromatic carbocycles. The van der Waals surface area contributed by atoms with E-state index in [4.69, 9.17) is 0 Å². The van der Waals surface area contributed by atoms with Crippen LogP contribution in [0.4, 0.5) is 0 Å². The Labute approximate surface area is 131 Å². The molecule has 0 aliphatic carbocycles. The number of rotatable bonds is 8. The van der Waals surface area contributed by atoms with Crippen molar-refractivity contribution in [1.82, 2.24) is 4.90 Å². The Balaban J connectivity index is 1.73. The van der Waals surface area contributed by atoms with Crippen LogP contribution in [0.1, 0.15) is 36.5 Å². The molecule has 0 unspecified atom stereocenters. The summed E-state index contributed by atoms with van der Waals surface area (Å²) >= 11 is 0. The van der Waals surface area contributed by atoms with E-state index in [9.17, 15) is 0 Å². The van der Waals surface area contributed by atoms with E-state index in [0.717, 1.165) is 5.92 Å². The molecule has 1 nitrogen and oxygen atoms in total. The summed E-state index contributed by atoms with van der Waals surface area (Å²) in [6.07, 6.45) is 6.16. The van der Waals surface area contributed by atoms with Crippen molar-refractivity contribution in [2.45, 2.75) is 45.9 Å². The Bertz CT molecular complexity index is 474. The molecule has 0 amide bonds. The van der Waals surface area contributed by atoms with Crippen LogP contribution in [0.25, 0.3) is 0 Å². The second-order valence-electron chi connectivity index (χ2n) is 6.90. The van der Waals surface area contributed by atoms with Crippen LogP contribution in [0.5, 0.6) is 0 Å². The van der Waals surface area contributed by atoms with Crippen molar-refractivity contribution in [3.63, 3.8) is 0 Å². The molecule has 0 atom stereocenters. The second-order valence-corrected chi connectivity index (χ2v) is 6.90. The van der Waals surface area contributed by atoms with Crippen LogP contribution < -0.4 is 0 Å². The van der Waals surface area contributed by atoms with Crippen molar-refractivity contribution in [1.29, 1.82) is 0 Å². The van der Waals surface area contributed by atoms with E-state index in [0.29, 0.717) is 0 Å². The number of allylic oxidation sites excluding steroid dienone is 1. The highest BCUT2D eigenvalue weighted by atomic mass is 15.2. The zero-order valence-corrected chi connectivity index (χ0v) is 14.1. The average Bonchev–Trinajstić information content (AvgIpc) is 2.38. The molecule has 114 valence electrons. The molecule has 0 spiro atoms. The molecule has 21 heavy (non-hydrogen) atoms. The first-order chi connectivity index (χ1) is 10.1. The fourth-order valence-corrected chi connectivity index (χ4v) is 3.34. The minimum atomic E-state index is 0.866. The monoisotopic (exact) mass is 283 g/mol. The Morgan fingerprint density at radius 2 is 2.14 bits per heavy atom. The van der Waals surface area contributed by atoms with Gasteiger partial charge in [-0.2, -0.15) is 0 Å². The van der Waals surface area contributed by atoms with Crippen LogP contribution in [-0.2, 0) is 12.8 Å². The fourth-order valence-electron chi connectivity index (χ4n) is 3.34. The highest BCUT2D eigenvalue weighted by Crippen LogP contribution is 2.23. The fraction of sp³-hybridized carbons (Fsp3) is 0.579. The summed E-state index contributed by atoms with van der Waals surface area (Å²) in [7, 11) is 2.25. The van der Waals surface area contributed by atoms with Gasteiger partial charge in [0, 0.05) is 13.1 Å². The molecule has 0 N–H and O–H groups in total. The molecular formula is C19H30BN. The van der Waals surface area contributed by atoms with Crippen LogP contribution in [0, 0.1) is 12.8 Å². The van der Waals surface area contributed by atoms with E-state index in [1.807, 2.05) is 0 Å². The Morgan fingerprint density at radius 1 is 1.38 bits per heavy atom. The van der Waals surface area contributed by atoms with Gasteiger partial charge in [-0.3, -0.25) is 0 Å². The van der Waals surface area contributed by atoms with Crippen LogP contribution in [-0.4, -0.2) is 32.4 Å². The van der Waals surface area contributed by atoms with Crippen LogP contribution in [0.15, 0.2) is 30.4 Å². The summed E-state index contributed by atoms with van der Waals surface area (Å²) < 4.78 is 0. The van der Waals surface area contributed by atoms with Gasteiger partial charge in [0.1, 0.15) is 7.85 Å². The SMILES string of the molecule is BCCc1ccc(CC2CN(CCCC(=C)C)C2)c(C)c1. The lowest BCUT2D eigenvalue weighted by Gasteiger charge is -2.39. The van der Waals surface area contributed by atoms with Crippen LogP contribution >= 0.6 is 0 Å². The van der Waals surface area contributed by atoms with E-state index in [2.05, 4.69) is 51.4 Å². The van der Waals surface area contributed by atoms with Gasteiger partial charge in [-0.05, 0) is 68.7 Å². The molecule has 0 bridgehead atoms. The lowest BCUT2D eigenvalue weighted by Crippen LogP contribution is -2.47.